The van der Waals surface area contributed by atoms with Crippen molar-refractivity contribution in [2.75, 3.05) is 5.32 Å². The number of hydrogen-bond acceptors (Lipinski definition) is 5. The van der Waals surface area contributed by atoms with E-state index in [1.54, 1.807) is 30.5 Å². The van der Waals surface area contributed by atoms with Crippen LogP contribution in [0.25, 0.3) is 10.9 Å². The SMILES string of the molecule is Cc1cc(Nc2ccnc(Oc3ccc4c(=O)[nH][nH]c4c3)c2)n[nH]1. The zero-order valence-electron chi connectivity index (χ0n) is 12.8. The van der Waals surface area contributed by atoms with E-state index in [4.69, 9.17) is 4.74 Å². The molecule has 1 aromatic carbocycles. The Balaban J connectivity index is 1.57. The van der Waals surface area contributed by atoms with Crippen LogP contribution in [0.2, 0.25) is 0 Å². The smallest absolute Gasteiger partial charge is 0.271 e. The second kappa shape index (κ2) is 5.58. The zero-order chi connectivity index (χ0) is 16.5. The van der Waals surface area contributed by atoms with Gasteiger partial charge in [0.05, 0.1) is 10.9 Å². The number of aromatic amines is 3. The van der Waals surface area contributed by atoms with Gasteiger partial charge in [0, 0.05) is 35.8 Å². The van der Waals surface area contributed by atoms with Crippen LogP contribution < -0.4 is 15.6 Å². The molecule has 0 aliphatic carbocycles. The third-order valence-electron chi connectivity index (χ3n) is 3.48. The van der Waals surface area contributed by atoms with Gasteiger partial charge in [-0.25, -0.2) is 4.98 Å². The molecule has 0 saturated heterocycles. The summed E-state index contributed by atoms with van der Waals surface area (Å²) >= 11 is 0. The average molecular weight is 322 g/mol. The number of H-pyrrole nitrogens is 3. The van der Waals surface area contributed by atoms with Crippen molar-refractivity contribution in [2.24, 2.45) is 0 Å². The molecular weight excluding hydrogens is 308 g/mol. The molecule has 120 valence electrons. The van der Waals surface area contributed by atoms with Gasteiger partial charge in [-0.05, 0) is 25.1 Å². The lowest BCUT2D eigenvalue weighted by Crippen LogP contribution is -1.97. The Morgan fingerprint density at radius 3 is 2.88 bits per heavy atom. The highest BCUT2D eigenvalue weighted by Crippen LogP contribution is 2.25. The lowest BCUT2D eigenvalue weighted by molar-refractivity contribution is 0.464. The first-order valence-corrected chi connectivity index (χ1v) is 7.31. The highest BCUT2D eigenvalue weighted by atomic mass is 16.5. The average Bonchev–Trinajstić information content (AvgIpc) is 3.14. The summed E-state index contributed by atoms with van der Waals surface area (Å²) in [6.45, 7) is 1.93. The Morgan fingerprint density at radius 1 is 1.12 bits per heavy atom. The predicted molar refractivity (Wildman–Crippen MR) is 89.8 cm³/mol. The molecule has 0 radical (unpaired) electrons. The lowest BCUT2D eigenvalue weighted by Gasteiger charge is -2.07. The molecule has 8 nitrogen and oxygen atoms in total. The van der Waals surface area contributed by atoms with Crippen LogP contribution in [0.15, 0.2) is 47.4 Å². The minimum Gasteiger partial charge on any atom is -0.439 e. The van der Waals surface area contributed by atoms with Crippen LogP contribution in [0.5, 0.6) is 11.6 Å². The van der Waals surface area contributed by atoms with Crippen LogP contribution in [0, 0.1) is 6.92 Å². The maximum absolute atomic E-state index is 11.5. The Bertz CT molecular complexity index is 1060. The molecular formula is C16H14N6O2. The molecule has 0 spiro atoms. The van der Waals surface area contributed by atoms with E-state index >= 15 is 0 Å². The fourth-order valence-corrected chi connectivity index (χ4v) is 2.37. The summed E-state index contributed by atoms with van der Waals surface area (Å²) in [7, 11) is 0. The van der Waals surface area contributed by atoms with Gasteiger partial charge in [0.15, 0.2) is 5.82 Å². The van der Waals surface area contributed by atoms with Gasteiger partial charge in [0.25, 0.3) is 5.56 Å². The molecule has 4 aromatic rings. The molecule has 3 heterocycles. The summed E-state index contributed by atoms with van der Waals surface area (Å²) in [6.07, 6.45) is 1.65. The van der Waals surface area contributed by atoms with Crippen LogP contribution in [0.4, 0.5) is 11.5 Å². The van der Waals surface area contributed by atoms with Crippen molar-refractivity contribution >= 4 is 22.4 Å². The maximum Gasteiger partial charge on any atom is 0.271 e. The zero-order valence-corrected chi connectivity index (χ0v) is 12.8. The molecule has 0 atom stereocenters. The first-order chi connectivity index (χ1) is 11.7. The first kappa shape index (κ1) is 14.1. The van der Waals surface area contributed by atoms with Crippen molar-refractivity contribution in [3.05, 3.63) is 58.6 Å². The number of fused-ring (bicyclic) bond motifs is 1. The van der Waals surface area contributed by atoms with Gasteiger partial charge in [-0.1, -0.05) is 0 Å². The number of benzene rings is 1. The number of hydrogen-bond donors (Lipinski definition) is 4. The third-order valence-corrected chi connectivity index (χ3v) is 3.48. The number of pyridine rings is 1. The summed E-state index contributed by atoms with van der Waals surface area (Å²) in [6, 6.07) is 10.7. The van der Waals surface area contributed by atoms with E-state index in [1.165, 1.54) is 0 Å². The molecule has 0 fully saturated rings. The summed E-state index contributed by atoms with van der Waals surface area (Å²) < 4.78 is 5.76. The first-order valence-electron chi connectivity index (χ1n) is 7.31. The molecule has 3 aromatic heterocycles. The van der Waals surface area contributed by atoms with Gasteiger partial charge in [-0.3, -0.25) is 20.1 Å². The van der Waals surface area contributed by atoms with Crippen LogP contribution >= 0.6 is 0 Å². The summed E-state index contributed by atoms with van der Waals surface area (Å²) in [4.78, 5) is 15.7. The van der Waals surface area contributed by atoms with Crippen LogP contribution in [0.1, 0.15) is 5.69 Å². The summed E-state index contributed by atoms with van der Waals surface area (Å²) in [5.41, 5.74) is 2.30. The molecule has 24 heavy (non-hydrogen) atoms. The van der Waals surface area contributed by atoms with E-state index in [-0.39, 0.29) is 5.56 Å². The van der Waals surface area contributed by atoms with Gasteiger partial charge in [0.1, 0.15) is 5.75 Å². The monoisotopic (exact) mass is 322 g/mol. The van der Waals surface area contributed by atoms with E-state index < -0.39 is 0 Å². The van der Waals surface area contributed by atoms with Gasteiger partial charge in [-0.2, -0.15) is 5.10 Å². The van der Waals surface area contributed by atoms with E-state index in [9.17, 15) is 4.79 Å². The Morgan fingerprint density at radius 2 is 2.04 bits per heavy atom. The van der Waals surface area contributed by atoms with Crippen molar-refractivity contribution in [3.63, 3.8) is 0 Å². The standard InChI is InChI=1S/C16H14N6O2/c1-9-6-14(21-19-9)18-10-4-5-17-15(7-10)24-11-2-3-12-13(8-11)20-22-16(12)23/h2-8H,1H3,(H2,20,22,23)(H2,17,18,19,21). The number of nitrogens with zero attached hydrogens (tertiary/aromatic N) is 2. The largest absolute Gasteiger partial charge is 0.439 e. The second-order valence-corrected chi connectivity index (χ2v) is 5.33. The molecule has 4 rings (SSSR count). The van der Waals surface area contributed by atoms with E-state index in [1.807, 2.05) is 19.1 Å². The molecule has 0 unspecified atom stereocenters. The van der Waals surface area contributed by atoms with Crippen LogP contribution in [-0.2, 0) is 0 Å². The second-order valence-electron chi connectivity index (χ2n) is 5.33. The van der Waals surface area contributed by atoms with Crippen LogP contribution in [0.3, 0.4) is 0 Å². The molecule has 4 N–H and O–H groups in total. The normalized spacial score (nSPS) is 10.9. The fraction of sp³-hybridized carbons (Fsp3) is 0.0625. The van der Waals surface area contributed by atoms with Gasteiger partial charge >= 0.3 is 0 Å². The minimum atomic E-state index is -0.157. The Hall–Kier alpha value is -3.55. The van der Waals surface area contributed by atoms with Crippen molar-refractivity contribution in [2.45, 2.75) is 6.92 Å². The maximum atomic E-state index is 11.5. The summed E-state index contributed by atoms with van der Waals surface area (Å²) in [5.74, 6) is 1.73. The number of ether oxygens (including phenoxy) is 1. The van der Waals surface area contributed by atoms with E-state index in [2.05, 4.69) is 30.7 Å². The molecule has 0 amide bonds. The molecule has 0 bridgehead atoms. The number of anilines is 2. The highest BCUT2D eigenvalue weighted by Gasteiger charge is 2.06. The predicted octanol–water partition coefficient (Wildman–Crippen LogP) is 2.82. The summed E-state index contributed by atoms with van der Waals surface area (Å²) in [5, 5.41) is 16.1. The lowest BCUT2D eigenvalue weighted by atomic mass is 10.2. The minimum absolute atomic E-state index is 0.157. The molecule has 8 heteroatoms. The quantitative estimate of drug-likeness (QED) is 0.461. The van der Waals surface area contributed by atoms with Gasteiger partial charge in [0.2, 0.25) is 5.88 Å². The molecule has 0 aliphatic rings. The van der Waals surface area contributed by atoms with Gasteiger partial charge in [-0.15, -0.1) is 0 Å². The fourth-order valence-electron chi connectivity index (χ4n) is 2.37. The number of rotatable bonds is 4. The highest BCUT2D eigenvalue weighted by molar-refractivity contribution is 5.79. The van der Waals surface area contributed by atoms with Crippen molar-refractivity contribution < 1.29 is 4.74 Å². The van der Waals surface area contributed by atoms with Gasteiger partial charge < -0.3 is 10.1 Å². The molecule has 0 saturated carbocycles. The molecule has 0 aliphatic heterocycles. The Labute approximate surface area is 135 Å². The van der Waals surface area contributed by atoms with E-state index in [0.717, 1.165) is 17.2 Å². The number of aromatic nitrogens is 5. The van der Waals surface area contributed by atoms with E-state index in [0.29, 0.717) is 22.5 Å². The number of aryl methyl sites for hydroxylation is 1. The third kappa shape index (κ3) is 2.72. The Kier molecular flexibility index (Phi) is 3.27. The topological polar surface area (TPSA) is 111 Å². The van der Waals surface area contributed by atoms with Crippen molar-refractivity contribution in [3.8, 4) is 11.6 Å². The van der Waals surface area contributed by atoms with Crippen LogP contribution in [-0.4, -0.2) is 25.4 Å². The number of nitrogens with one attached hydrogen (secondary N) is 4. The van der Waals surface area contributed by atoms with Crippen molar-refractivity contribution in [1.29, 1.82) is 0 Å². The van der Waals surface area contributed by atoms with Crippen molar-refractivity contribution in [1.82, 2.24) is 25.4 Å².